The van der Waals surface area contributed by atoms with Crippen LogP contribution >= 0.6 is 24.8 Å². The predicted molar refractivity (Wildman–Crippen MR) is 141 cm³/mol. The van der Waals surface area contributed by atoms with E-state index in [0.717, 1.165) is 17.3 Å². The Kier molecular flexibility index (Phi) is 10.0. The first kappa shape index (κ1) is 28.8. The van der Waals surface area contributed by atoms with Crippen LogP contribution in [0.2, 0.25) is 0 Å². The third kappa shape index (κ3) is 6.63. The van der Waals surface area contributed by atoms with Crippen molar-refractivity contribution in [2.45, 2.75) is 18.1 Å². The maximum Gasteiger partial charge on any atom is 0.418 e. The van der Waals surface area contributed by atoms with Crippen molar-refractivity contribution in [3.05, 3.63) is 120 Å². The molecule has 0 aliphatic rings. The standard InChI is InChI=1S/C27H22F3N3O.2ClH/c28-27(29,30)23-17-32-16-15-22(23)18-11-13-21(14-12-18)33-26(34)25(31)24(19-7-3-1-4-8-19)20-9-5-2-6-10-20;;/h1-17,24-25H,31H2,(H,33,34);2*1H/t25-;;/m0../s1. The molecule has 3 aromatic carbocycles. The number of halogens is 5. The molecule has 1 heterocycles. The van der Waals surface area contributed by atoms with E-state index in [-0.39, 0.29) is 36.3 Å². The number of anilines is 1. The molecule has 9 heteroatoms. The Morgan fingerprint density at radius 3 is 1.83 bits per heavy atom. The van der Waals surface area contributed by atoms with Crippen LogP contribution < -0.4 is 11.1 Å². The van der Waals surface area contributed by atoms with Crippen molar-refractivity contribution in [2.75, 3.05) is 5.32 Å². The van der Waals surface area contributed by atoms with Crippen molar-refractivity contribution in [3.63, 3.8) is 0 Å². The zero-order valence-electron chi connectivity index (χ0n) is 18.9. The Morgan fingerprint density at radius 1 is 0.806 bits per heavy atom. The van der Waals surface area contributed by atoms with E-state index in [1.165, 1.54) is 24.4 Å². The molecule has 1 amide bonds. The van der Waals surface area contributed by atoms with Crippen molar-refractivity contribution >= 4 is 36.4 Å². The van der Waals surface area contributed by atoms with Crippen molar-refractivity contribution in [1.29, 1.82) is 0 Å². The number of nitrogens with two attached hydrogens (primary N) is 1. The second kappa shape index (κ2) is 12.5. The van der Waals surface area contributed by atoms with E-state index in [2.05, 4.69) is 10.3 Å². The fourth-order valence-electron chi connectivity index (χ4n) is 3.91. The Hall–Kier alpha value is -3.39. The van der Waals surface area contributed by atoms with Crippen LogP contribution in [0.1, 0.15) is 22.6 Å². The van der Waals surface area contributed by atoms with Crippen LogP contribution in [0.4, 0.5) is 18.9 Å². The van der Waals surface area contributed by atoms with Crippen molar-refractivity contribution in [3.8, 4) is 11.1 Å². The molecule has 0 bridgehead atoms. The van der Waals surface area contributed by atoms with E-state index in [1.54, 1.807) is 12.1 Å². The Balaban J connectivity index is 0.00000228. The van der Waals surface area contributed by atoms with Gasteiger partial charge in [0.05, 0.1) is 11.6 Å². The van der Waals surface area contributed by atoms with Crippen molar-refractivity contribution < 1.29 is 18.0 Å². The van der Waals surface area contributed by atoms with E-state index in [9.17, 15) is 18.0 Å². The summed E-state index contributed by atoms with van der Waals surface area (Å²) in [5.41, 5.74) is 8.23. The molecule has 1 atom stereocenters. The van der Waals surface area contributed by atoms with Gasteiger partial charge in [0.2, 0.25) is 5.91 Å². The van der Waals surface area contributed by atoms with Gasteiger partial charge in [-0.15, -0.1) is 24.8 Å². The van der Waals surface area contributed by atoms with Crippen LogP contribution in [0, 0.1) is 0 Å². The Morgan fingerprint density at radius 2 is 1.33 bits per heavy atom. The first-order chi connectivity index (χ1) is 16.3. The minimum Gasteiger partial charge on any atom is -0.325 e. The van der Waals surface area contributed by atoms with Crippen LogP contribution in [-0.2, 0) is 11.0 Å². The monoisotopic (exact) mass is 533 g/mol. The lowest BCUT2D eigenvalue weighted by atomic mass is 9.85. The normalized spacial score (nSPS) is 11.7. The topological polar surface area (TPSA) is 68.0 Å². The van der Waals surface area contributed by atoms with Gasteiger partial charge in [-0.05, 0) is 40.5 Å². The Bertz CT molecular complexity index is 1220. The van der Waals surface area contributed by atoms with Gasteiger partial charge < -0.3 is 11.1 Å². The molecule has 3 N–H and O–H groups in total. The summed E-state index contributed by atoms with van der Waals surface area (Å²) in [4.78, 5) is 16.6. The second-order valence-electron chi connectivity index (χ2n) is 7.81. The largest absolute Gasteiger partial charge is 0.418 e. The van der Waals surface area contributed by atoms with Crippen LogP contribution in [-0.4, -0.2) is 16.9 Å². The summed E-state index contributed by atoms with van der Waals surface area (Å²) < 4.78 is 40.0. The summed E-state index contributed by atoms with van der Waals surface area (Å²) in [5.74, 6) is -0.766. The number of alkyl halides is 3. The molecule has 0 spiro atoms. The first-order valence-corrected chi connectivity index (χ1v) is 10.6. The number of aromatic nitrogens is 1. The first-order valence-electron chi connectivity index (χ1n) is 10.6. The zero-order valence-corrected chi connectivity index (χ0v) is 20.5. The molecule has 0 aliphatic carbocycles. The SMILES string of the molecule is Cl.Cl.N[C@H](C(=O)Nc1ccc(-c2ccncc2C(F)(F)F)cc1)C(c1ccccc1)c1ccccc1. The Labute approximate surface area is 219 Å². The summed E-state index contributed by atoms with van der Waals surface area (Å²) in [7, 11) is 0. The van der Waals surface area contributed by atoms with Gasteiger partial charge in [-0.25, -0.2) is 0 Å². The second-order valence-corrected chi connectivity index (χ2v) is 7.81. The van der Waals surface area contributed by atoms with Crippen LogP contribution in [0.5, 0.6) is 0 Å². The van der Waals surface area contributed by atoms with Crippen molar-refractivity contribution in [2.24, 2.45) is 5.73 Å². The predicted octanol–water partition coefficient (Wildman–Crippen LogP) is 6.71. The number of hydrogen-bond acceptors (Lipinski definition) is 3. The number of amides is 1. The molecule has 4 rings (SSSR count). The van der Waals surface area contributed by atoms with Gasteiger partial charge in [-0.3, -0.25) is 9.78 Å². The molecular weight excluding hydrogens is 510 g/mol. The zero-order chi connectivity index (χ0) is 24.1. The highest BCUT2D eigenvalue weighted by Gasteiger charge is 2.34. The number of nitrogens with zero attached hydrogens (tertiary/aromatic N) is 1. The summed E-state index contributed by atoms with van der Waals surface area (Å²) in [6.45, 7) is 0. The molecule has 0 saturated carbocycles. The summed E-state index contributed by atoms with van der Waals surface area (Å²) in [6, 6.07) is 25.6. The number of carbonyl (C=O) groups is 1. The lowest BCUT2D eigenvalue weighted by Gasteiger charge is -2.24. The fraction of sp³-hybridized carbons (Fsp3) is 0.111. The summed E-state index contributed by atoms with van der Waals surface area (Å²) in [6.07, 6.45) is -2.41. The highest BCUT2D eigenvalue weighted by atomic mass is 35.5. The highest BCUT2D eigenvalue weighted by molar-refractivity contribution is 5.96. The molecule has 0 radical (unpaired) electrons. The summed E-state index contributed by atoms with van der Waals surface area (Å²) in [5, 5.41) is 2.79. The third-order valence-corrected chi connectivity index (χ3v) is 5.57. The molecule has 0 saturated heterocycles. The third-order valence-electron chi connectivity index (χ3n) is 5.57. The van der Waals surface area contributed by atoms with E-state index < -0.39 is 23.7 Å². The van der Waals surface area contributed by atoms with E-state index in [4.69, 9.17) is 5.73 Å². The molecule has 1 aromatic heterocycles. The van der Waals surface area contributed by atoms with Crippen molar-refractivity contribution in [1.82, 2.24) is 4.98 Å². The average molecular weight is 534 g/mol. The fourth-order valence-corrected chi connectivity index (χ4v) is 3.91. The smallest absolute Gasteiger partial charge is 0.325 e. The molecule has 4 aromatic rings. The summed E-state index contributed by atoms with van der Waals surface area (Å²) >= 11 is 0. The highest BCUT2D eigenvalue weighted by Crippen LogP contribution is 2.36. The average Bonchev–Trinajstić information content (AvgIpc) is 2.85. The van der Waals surface area contributed by atoms with Crippen LogP contribution in [0.25, 0.3) is 11.1 Å². The molecule has 0 fully saturated rings. The quantitative estimate of drug-likeness (QED) is 0.289. The number of hydrogen-bond donors (Lipinski definition) is 2. The number of nitrogens with one attached hydrogen (secondary N) is 1. The van der Waals surface area contributed by atoms with Gasteiger partial charge in [0.1, 0.15) is 0 Å². The maximum absolute atomic E-state index is 13.3. The molecule has 0 unspecified atom stereocenters. The molecule has 188 valence electrons. The minimum atomic E-state index is -4.52. The van der Waals surface area contributed by atoms with E-state index >= 15 is 0 Å². The van der Waals surface area contributed by atoms with Gasteiger partial charge in [-0.1, -0.05) is 72.8 Å². The lowest BCUT2D eigenvalue weighted by Crippen LogP contribution is -2.41. The van der Waals surface area contributed by atoms with E-state index in [0.29, 0.717) is 11.3 Å². The van der Waals surface area contributed by atoms with Crippen LogP contribution in [0.3, 0.4) is 0 Å². The minimum absolute atomic E-state index is 0. The molecule has 36 heavy (non-hydrogen) atoms. The molecular formula is C27H24Cl2F3N3O. The van der Waals surface area contributed by atoms with Gasteiger partial charge in [0.15, 0.2) is 0 Å². The van der Waals surface area contributed by atoms with Gasteiger partial charge in [0, 0.05) is 24.0 Å². The van der Waals surface area contributed by atoms with Gasteiger partial charge in [-0.2, -0.15) is 13.2 Å². The van der Waals surface area contributed by atoms with E-state index in [1.807, 2.05) is 60.7 Å². The molecule has 0 aliphatic heterocycles. The number of pyridine rings is 1. The lowest BCUT2D eigenvalue weighted by molar-refractivity contribution is -0.137. The number of carbonyl (C=O) groups excluding carboxylic acids is 1. The number of benzene rings is 3. The number of rotatable bonds is 6. The van der Waals surface area contributed by atoms with Crippen LogP contribution in [0.15, 0.2) is 103 Å². The van der Waals surface area contributed by atoms with Gasteiger partial charge in [0.25, 0.3) is 0 Å². The maximum atomic E-state index is 13.3. The molecule has 4 nitrogen and oxygen atoms in total. The van der Waals surface area contributed by atoms with Gasteiger partial charge >= 0.3 is 6.18 Å².